The summed E-state index contributed by atoms with van der Waals surface area (Å²) in [5.41, 5.74) is 1.86. The number of H-pyrrole nitrogens is 1. The van der Waals surface area contributed by atoms with Gasteiger partial charge in [-0.05, 0) is 24.3 Å². The monoisotopic (exact) mass is 270 g/mol. The summed E-state index contributed by atoms with van der Waals surface area (Å²) in [4.78, 5) is 19.3. The molecule has 3 rings (SSSR count). The average Bonchev–Trinajstić information content (AvgIpc) is 2.97. The number of hydrogen-bond acceptors (Lipinski definition) is 3. The van der Waals surface area contributed by atoms with E-state index in [2.05, 4.69) is 23.8 Å². The largest absolute Gasteiger partial charge is 0.493 e. The molecule has 0 amide bonds. The molecule has 1 heterocycles. The first-order valence-electron chi connectivity index (χ1n) is 6.79. The lowest BCUT2D eigenvalue weighted by molar-refractivity contribution is 0.448. The third kappa shape index (κ3) is 2.11. The van der Waals surface area contributed by atoms with E-state index in [1.807, 2.05) is 25.1 Å². The van der Waals surface area contributed by atoms with Crippen molar-refractivity contribution in [3.05, 3.63) is 46.0 Å². The van der Waals surface area contributed by atoms with Crippen molar-refractivity contribution < 1.29 is 5.11 Å². The summed E-state index contributed by atoms with van der Waals surface area (Å²) in [6.07, 6.45) is 0.985. The van der Waals surface area contributed by atoms with Crippen molar-refractivity contribution in [1.82, 2.24) is 9.97 Å². The second-order valence-electron chi connectivity index (χ2n) is 6.26. The Morgan fingerprint density at radius 1 is 1.40 bits per heavy atom. The highest BCUT2D eigenvalue weighted by atomic mass is 16.3. The number of aromatic amines is 1. The first-order valence-corrected chi connectivity index (χ1v) is 6.79. The van der Waals surface area contributed by atoms with Crippen LogP contribution < -0.4 is 5.56 Å². The summed E-state index contributed by atoms with van der Waals surface area (Å²) in [6, 6.07) is 7.48. The molecular weight excluding hydrogens is 252 g/mol. The van der Waals surface area contributed by atoms with Crippen molar-refractivity contribution in [2.45, 2.75) is 33.1 Å². The summed E-state index contributed by atoms with van der Waals surface area (Å²) >= 11 is 0. The molecule has 0 spiro atoms. The fraction of sp³-hybridized carbons (Fsp3) is 0.375. The van der Waals surface area contributed by atoms with Crippen molar-refractivity contribution in [1.29, 1.82) is 0 Å². The van der Waals surface area contributed by atoms with Crippen LogP contribution in [0.2, 0.25) is 0 Å². The van der Waals surface area contributed by atoms with Crippen LogP contribution in [0.5, 0.6) is 5.88 Å². The van der Waals surface area contributed by atoms with Gasteiger partial charge >= 0.3 is 0 Å². The van der Waals surface area contributed by atoms with Crippen molar-refractivity contribution in [3.63, 3.8) is 0 Å². The molecule has 4 nitrogen and oxygen atoms in total. The van der Waals surface area contributed by atoms with Crippen LogP contribution in [-0.4, -0.2) is 15.1 Å². The number of hydrogen-bond donors (Lipinski definition) is 2. The summed E-state index contributed by atoms with van der Waals surface area (Å²) in [5.74, 6) is 0.638. The summed E-state index contributed by atoms with van der Waals surface area (Å²) < 4.78 is 0. The molecule has 1 aliphatic rings. The molecule has 104 valence electrons. The van der Waals surface area contributed by atoms with E-state index in [-0.39, 0.29) is 28.3 Å². The molecule has 2 N–H and O–H groups in total. The highest BCUT2D eigenvalue weighted by molar-refractivity contribution is 5.67. The minimum Gasteiger partial charge on any atom is -0.493 e. The van der Waals surface area contributed by atoms with Gasteiger partial charge in [-0.25, -0.2) is 0 Å². The third-order valence-corrected chi connectivity index (χ3v) is 4.07. The molecule has 0 bridgehead atoms. The Kier molecular flexibility index (Phi) is 2.71. The quantitative estimate of drug-likeness (QED) is 0.881. The van der Waals surface area contributed by atoms with E-state index in [4.69, 9.17) is 0 Å². The fourth-order valence-electron chi connectivity index (χ4n) is 2.64. The first kappa shape index (κ1) is 12.9. The Hall–Kier alpha value is -2.10. The van der Waals surface area contributed by atoms with Gasteiger partial charge in [0.2, 0.25) is 5.88 Å². The zero-order chi connectivity index (χ0) is 14.5. The van der Waals surface area contributed by atoms with Crippen LogP contribution in [0.25, 0.3) is 11.1 Å². The SMILES string of the molecule is Cc1cccc(-c2c(O)nc(C3CC3(C)C)[nH]c2=O)c1. The molecule has 1 saturated carbocycles. The number of benzene rings is 1. The van der Waals surface area contributed by atoms with Crippen LogP contribution in [0.3, 0.4) is 0 Å². The number of aryl methyl sites for hydroxylation is 1. The molecule has 0 aliphatic heterocycles. The van der Waals surface area contributed by atoms with Crippen molar-refractivity contribution in [2.75, 3.05) is 0 Å². The van der Waals surface area contributed by atoms with Gasteiger partial charge in [-0.1, -0.05) is 43.7 Å². The molecule has 1 unspecified atom stereocenters. The highest BCUT2D eigenvalue weighted by Gasteiger charge is 2.48. The number of rotatable bonds is 2. The number of aromatic nitrogens is 2. The highest BCUT2D eigenvalue weighted by Crippen LogP contribution is 2.57. The maximum atomic E-state index is 12.3. The molecule has 1 aromatic heterocycles. The molecule has 0 saturated heterocycles. The van der Waals surface area contributed by atoms with Gasteiger partial charge in [-0.2, -0.15) is 4.98 Å². The maximum Gasteiger partial charge on any atom is 0.262 e. The van der Waals surface area contributed by atoms with E-state index in [1.54, 1.807) is 6.07 Å². The molecule has 1 aliphatic carbocycles. The van der Waals surface area contributed by atoms with Crippen LogP contribution in [0, 0.1) is 12.3 Å². The Morgan fingerprint density at radius 2 is 2.10 bits per heavy atom. The Balaban J connectivity index is 2.08. The van der Waals surface area contributed by atoms with Crippen molar-refractivity contribution in [2.24, 2.45) is 5.41 Å². The number of nitrogens with one attached hydrogen (secondary N) is 1. The standard InChI is InChI=1S/C16H18N2O2/c1-9-5-4-6-10(7-9)12-14(19)17-13(18-15(12)20)11-8-16(11,2)3/h4-7,11H,8H2,1-3H3,(H2,17,18,19,20). The molecule has 20 heavy (non-hydrogen) atoms. The Morgan fingerprint density at radius 3 is 2.65 bits per heavy atom. The second kappa shape index (κ2) is 4.20. The van der Waals surface area contributed by atoms with Gasteiger partial charge in [0.1, 0.15) is 11.4 Å². The fourth-order valence-corrected chi connectivity index (χ4v) is 2.64. The van der Waals surface area contributed by atoms with Gasteiger partial charge in [0, 0.05) is 5.92 Å². The molecule has 1 aromatic carbocycles. The summed E-state index contributed by atoms with van der Waals surface area (Å²) in [6.45, 7) is 6.20. The van der Waals surface area contributed by atoms with Crippen LogP contribution >= 0.6 is 0 Å². The normalized spacial score (nSPS) is 19.9. The van der Waals surface area contributed by atoms with E-state index in [9.17, 15) is 9.90 Å². The second-order valence-corrected chi connectivity index (χ2v) is 6.26. The van der Waals surface area contributed by atoms with Crippen molar-refractivity contribution >= 4 is 0 Å². The zero-order valence-corrected chi connectivity index (χ0v) is 11.9. The molecule has 0 radical (unpaired) electrons. The Bertz CT molecular complexity index is 731. The molecule has 2 aromatic rings. The van der Waals surface area contributed by atoms with Crippen LogP contribution in [0.1, 0.15) is 37.6 Å². The maximum absolute atomic E-state index is 12.3. The first-order chi connectivity index (χ1) is 9.38. The number of aromatic hydroxyl groups is 1. The van der Waals surface area contributed by atoms with Gasteiger partial charge in [0.05, 0.1) is 0 Å². The van der Waals surface area contributed by atoms with Crippen LogP contribution in [-0.2, 0) is 0 Å². The molecular formula is C16H18N2O2. The predicted molar refractivity (Wildman–Crippen MR) is 77.8 cm³/mol. The smallest absolute Gasteiger partial charge is 0.262 e. The number of nitrogens with zero attached hydrogens (tertiary/aromatic N) is 1. The lowest BCUT2D eigenvalue weighted by atomic mass is 10.1. The van der Waals surface area contributed by atoms with Crippen molar-refractivity contribution in [3.8, 4) is 17.0 Å². The van der Waals surface area contributed by atoms with E-state index in [1.165, 1.54) is 0 Å². The summed E-state index contributed by atoms with van der Waals surface area (Å²) in [7, 11) is 0. The van der Waals surface area contributed by atoms with Gasteiger partial charge in [0.25, 0.3) is 5.56 Å². The van der Waals surface area contributed by atoms with Gasteiger partial charge in [-0.15, -0.1) is 0 Å². The van der Waals surface area contributed by atoms with Gasteiger partial charge in [0.15, 0.2) is 0 Å². The third-order valence-electron chi connectivity index (χ3n) is 4.07. The van der Waals surface area contributed by atoms with Crippen LogP contribution in [0.4, 0.5) is 0 Å². The zero-order valence-electron chi connectivity index (χ0n) is 11.9. The minimum absolute atomic E-state index is 0.160. The van der Waals surface area contributed by atoms with Gasteiger partial charge < -0.3 is 10.1 Å². The lowest BCUT2D eigenvalue weighted by Gasteiger charge is -2.08. The summed E-state index contributed by atoms with van der Waals surface area (Å²) in [5, 5.41) is 10.1. The average molecular weight is 270 g/mol. The Labute approximate surface area is 117 Å². The minimum atomic E-state index is -0.277. The molecule has 4 heteroatoms. The molecule has 1 fully saturated rings. The molecule has 1 atom stereocenters. The van der Waals surface area contributed by atoms with E-state index >= 15 is 0 Å². The topological polar surface area (TPSA) is 66.0 Å². The predicted octanol–water partition coefficient (Wildman–Crippen LogP) is 2.96. The van der Waals surface area contributed by atoms with Crippen LogP contribution in [0.15, 0.2) is 29.1 Å². The van der Waals surface area contributed by atoms with Gasteiger partial charge in [-0.3, -0.25) is 4.79 Å². The van der Waals surface area contributed by atoms with E-state index in [0.29, 0.717) is 11.4 Å². The van der Waals surface area contributed by atoms with E-state index in [0.717, 1.165) is 12.0 Å². The lowest BCUT2D eigenvalue weighted by Crippen LogP contribution is -2.14. The van der Waals surface area contributed by atoms with E-state index < -0.39 is 0 Å².